The van der Waals surface area contributed by atoms with Gasteiger partial charge in [0.2, 0.25) is 0 Å². The summed E-state index contributed by atoms with van der Waals surface area (Å²) in [5.74, 6) is -0.182. The summed E-state index contributed by atoms with van der Waals surface area (Å²) in [4.78, 5) is 2.52. The Balaban J connectivity index is 2.17. The summed E-state index contributed by atoms with van der Waals surface area (Å²) in [6.07, 6.45) is 3.56. The van der Waals surface area contributed by atoms with Crippen molar-refractivity contribution >= 4 is 15.9 Å². The number of hydrogen-bond acceptors (Lipinski definition) is 2. The standard InChI is InChI=1S/C15H22BrFN2/c1-2-3-4-15(19-9-7-18-8-10-19)12-5-6-14(17)13(16)11-12/h5-6,11,15,18H,2-4,7-10H2,1H3/t15-/m1/s1. The van der Waals surface area contributed by atoms with E-state index in [1.807, 2.05) is 12.1 Å². The van der Waals surface area contributed by atoms with Gasteiger partial charge >= 0.3 is 0 Å². The first-order valence-electron chi connectivity index (χ1n) is 7.12. The van der Waals surface area contributed by atoms with E-state index in [1.54, 1.807) is 6.07 Å². The van der Waals surface area contributed by atoms with Gasteiger partial charge in [0.1, 0.15) is 5.82 Å². The zero-order valence-corrected chi connectivity index (χ0v) is 13.0. The number of piperazine rings is 1. The van der Waals surface area contributed by atoms with Gasteiger partial charge in [0.25, 0.3) is 0 Å². The van der Waals surface area contributed by atoms with E-state index in [1.165, 1.54) is 18.4 Å². The van der Waals surface area contributed by atoms with E-state index < -0.39 is 0 Å². The lowest BCUT2D eigenvalue weighted by molar-refractivity contribution is 0.163. The average molecular weight is 329 g/mol. The molecule has 19 heavy (non-hydrogen) atoms. The van der Waals surface area contributed by atoms with E-state index in [2.05, 4.69) is 33.1 Å². The highest BCUT2D eigenvalue weighted by atomic mass is 79.9. The van der Waals surface area contributed by atoms with Gasteiger partial charge in [0.15, 0.2) is 0 Å². The average Bonchev–Trinajstić information content (AvgIpc) is 2.44. The van der Waals surface area contributed by atoms with Crippen LogP contribution in [0.1, 0.15) is 37.8 Å². The van der Waals surface area contributed by atoms with Crippen LogP contribution in [-0.4, -0.2) is 31.1 Å². The fraction of sp³-hybridized carbons (Fsp3) is 0.600. The molecule has 1 atom stereocenters. The van der Waals surface area contributed by atoms with Crippen molar-refractivity contribution in [2.75, 3.05) is 26.2 Å². The minimum Gasteiger partial charge on any atom is -0.314 e. The number of hydrogen-bond donors (Lipinski definition) is 1. The van der Waals surface area contributed by atoms with Gasteiger partial charge in [-0.2, -0.15) is 0 Å². The molecule has 0 aromatic heterocycles. The summed E-state index contributed by atoms with van der Waals surface area (Å²) in [5.41, 5.74) is 1.23. The second-order valence-corrected chi connectivity index (χ2v) is 5.97. The first-order chi connectivity index (χ1) is 9.22. The van der Waals surface area contributed by atoms with Crippen LogP contribution in [-0.2, 0) is 0 Å². The molecule has 4 heteroatoms. The number of nitrogens with zero attached hydrogens (tertiary/aromatic N) is 1. The van der Waals surface area contributed by atoms with Gasteiger partial charge in [0.05, 0.1) is 4.47 Å². The van der Waals surface area contributed by atoms with Crippen molar-refractivity contribution in [1.82, 2.24) is 10.2 Å². The lowest BCUT2D eigenvalue weighted by Gasteiger charge is -2.35. The molecular weight excluding hydrogens is 307 g/mol. The first-order valence-corrected chi connectivity index (χ1v) is 7.91. The summed E-state index contributed by atoms with van der Waals surface area (Å²) >= 11 is 3.30. The third-order valence-corrected chi connectivity index (χ3v) is 4.36. The van der Waals surface area contributed by atoms with E-state index >= 15 is 0 Å². The minimum absolute atomic E-state index is 0.182. The zero-order chi connectivity index (χ0) is 13.7. The molecule has 1 aromatic carbocycles. The Hall–Kier alpha value is -0.450. The van der Waals surface area contributed by atoms with Crippen LogP contribution in [0.15, 0.2) is 22.7 Å². The summed E-state index contributed by atoms with van der Waals surface area (Å²) in [7, 11) is 0. The summed E-state index contributed by atoms with van der Waals surface area (Å²) in [6.45, 7) is 6.46. The highest BCUT2D eigenvalue weighted by molar-refractivity contribution is 9.10. The summed E-state index contributed by atoms with van der Waals surface area (Å²) in [6, 6.07) is 5.86. The SMILES string of the molecule is CCCC[C@H](c1ccc(F)c(Br)c1)N1CCNCC1. The number of rotatable bonds is 5. The molecule has 106 valence electrons. The van der Waals surface area contributed by atoms with Crippen molar-refractivity contribution < 1.29 is 4.39 Å². The molecule has 2 nitrogen and oxygen atoms in total. The molecule has 1 aliphatic rings. The molecule has 1 fully saturated rings. The number of benzene rings is 1. The van der Waals surface area contributed by atoms with Gasteiger partial charge < -0.3 is 5.32 Å². The normalized spacial score (nSPS) is 18.5. The van der Waals surface area contributed by atoms with E-state index in [9.17, 15) is 4.39 Å². The zero-order valence-electron chi connectivity index (χ0n) is 11.5. The van der Waals surface area contributed by atoms with Crippen molar-refractivity contribution in [2.45, 2.75) is 32.2 Å². The predicted octanol–water partition coefficient (Wildman–Crippen LogP) is 3.72. The molecule has 0 bridgehead atoms. The Morgan fingerprint density at radius 2 is 2.11 bits per heavy atom. The largest absolute Gasteiger partial charge is 0.314 e. The predicted molar refractivity (Wildman–Crippen MR) is 80.8 cm³/mol. The van der Waals surface area contributed by atoms with Crippen LogP contribution in [0.25, 0.3) is 0 Å². The molecule has 2 rings (SSSR count). The number of unbranched alkanes of at least 4 members (excludes halogenated alkanes) is 1. The molecule has 0 amide bonds. The molecule has 0 saturated carbocycles. The second-order valence-electron chi connectivity index (χ2n) is 5.12. The fourth-order valence-corrected chi connectivity index (χ4v) is 3.07. The molecule has 0 unspecified atom stereocenters. The number of nitrogens with one attached hydrogen (secondary N) is 1. The Morgan fingerprint density at radius 3 is 2.74 bits per heavy atom. The second kappa shape index (κ2) is 7.36. The van der Waals surface area contributed by atoms with Gasteiger partial charge in [0, 0.05) is 32.2 Å². The van der Waals surface area contributed by atoms with E-state index in [-0.39, 0.29) is 5.82 Å². The molecule has 1 N–H and O–H groups in total. The van der Waals surface area contributed by atoms with Crippen LogP contribution in [0.2, 0.25) is 0 Å². The van der Waals surface area contributed by atoms with Gasteiger partial charge in [-0.25, -0.2) is 4.39 Å². The summed E-state index contributed by atoms with van der Waals surface area (Å²) in [5, 5.41) is 3.39. The van der Waals surface area contributed by atoms with Crippen molar-refractivity contribution in [1.29, 1.82) is 0 Å². The van der Waals surface area contributed by atoms with Gasteiger partial charge in [-0.05, 0) is 40.0 Å². The van der Waals surface area contributed by atoms with Crippen LogP contribution in [0.4, 0.5) is 4.39 Å². The first kappa shape index (κ1) is 14.9. The number of halogens is 2. The molecule has 0 aliphatic carbocycles. The highest BCUT2D eigenvalue weighted by Crippen LogP contribution is 2.29. The quantitative estimate of drug-likeness (QED) is 0.886. The topological polar surface area (TPSA) is 15.3 Å². The van der Waals surface area contributed by atoms with Crippen molar-refractivity contribution in [3.05, 3.63) is 34.1 Å². The van der Waals surface area contributed by atoms with Crippen LogP contribution in [0.5, 0.6) is 0 Å². The third-order valence-electron chi connectivity index (χ3n) is 3.75. The maximum atomic E-state index is 13.4. The highest BCUT2D eigenvalue weighted by Gasteiger charge is 2.22. The molecule has 1 aromatic rings. The minimum atomic E-state index is -0.182. The van der Waals surface area contributed by atoms with Crippen molar-refractivity contribution in [3.63, 3.8) is 0 Å². The lowest BCUT2D eigenvalue weighted by atomic mass is 9.99. The fourth-order valence-electron chi connectivity index (χ4n) is 2.67. The van der Waals surface area contributed by atoms with Crippen LogP contribution in [0, 0.1) is 5.82 Å². The monoisotopic (exact) mass is 328 g/mol. The van der Waals surface area contributed by atoms with Crippen molar-refractivity contribution in [2.24, 2.45) is 0 Å². The van der Waals surface area contributed by atoms with Gasteiger partial charge in [-0.3, -0.25) is 4.90 Å². The Kier molecular flexibility index (Phi) is 5.79. The van der Waals surface area contributed by atoms with E-state index in [0.717, 1.165) is 32.6 Å². The third kappa shape index (κ3) is 4.01. The Morgan fingerprint density at radius 1 is 1.37 bits per heavy atom. The van der Waals surface area contributed by atoms with Gasteiger partial charge in [-0.1, -0.05) is 25.8 Å². The lowest BCUT2D eigenvalue weighted by Crippen LogP contribution is -2.45. The van der Waals surface area contributed by atoms with Crippen LogP contribution >= 0.6 is 15.9 Å². The summed E-state index contributed by atoms with van der Waals surface area (Å²) < 4.78 is 14.0. The maximum Gasteiger partial charge on any atom is 0.137 e. The van der Waals surface area contributed by atoms with Crippen LogP contribution < -0.4 is 5.32 Å². The van der Waals surface area contributed by atoms with E-state index in [0.29, 0.717) is 10.5 Å². The molecule has 1 saturated heterocycles. The Bertz CT molecular complexity index is 405. The van der Waals surface area contributed by atoms with Gasteiger partial charge in [-0.15, -0.1) is 0 Å². The molecular formula is C15H22BrFN2. The molecule has 1 aliphatic heterocycles. The smallest absolute Gasteiger partial charge is 0.137 e. The van der Waals surface area contributed by atoms with Crippen LogP contribution in [0.3, 0.4) is 0 Å². The maximum absolute atomic E-state index is 13.4. The molecule has 1 heterocycles. The van der Waals surface area contributed by atoms with Crippen molar-refractivity contribution in [3.8, 4) is 0 Å². The molecule has 0 radical (unpaired) electrons. The van der Waals surface area contributed by atoms with E-state index in [4.69, 9.17) is 0 Å². The molecule has 0 spiro atoms. The Labute approximate surface area is 123 Å².